The fourth-order valence-electron chi connectivity index (χ4n) is 2.09. The number of hydrogen-bond acceptors (Lipinski definition) is 1. The second kappa shape index (κ2) is 2.85. The minimum Gasteiger partial charge on any atom is -0.292 e. The summed E-state index contributed by atoms with van der Waals surface area (Å²) in [5.74, 6) is 0. The van der Waals surface area contributed by atoms with Crippen LogP contribution in [0.25, 0.3) is 0 Å². The molecule has 1 nitrogen and oxygen atoms in total. The zero-order valence-electron chi connectivity index (χ0n) is 8.46. The number of nitrogens with zero attached hydrogens (tertiary/aromatic N) is 1. The first-order valence-electron chi connectivity index (χ1n) is 4.67. The molecule has 0 atom stereocenters. The first kappa shape index (κ1) is 8.76. The van der Waals surface area contributed by atoms with E-state index in [1.807, 2.05) is 0 Å². The van der Waals surface area contributed by atoms with Gasteiger partial charge < -0.3 is 0 Å². The van der Waals surface area contributed by atoms with Crippen LogP contribution >= 0.6 is 0 Å². The summed E-state index contributed by atoms with van der Waals surface area (Å²) in [5, 5.41) is 0. The second-order valence-electron chi connectivity index (χ2n) is 4.40. The molecule has 2 rings (SSSR count). The number of hydrogen-bond donors (Lipinski definition) is 0. The van der Waals surface area contributed by atoms with E-state index in [0.717, 1.165) is 6.54 Å². The quantitative estimate of drug-likeness (QED) is 0.582. The van der Waals surface area contributed by atoms with E-state index in [1.54, 1.807) is 0 Å². The maximum absolute atomic E-state index is 3.35. The zero-order chi connectivity index (χ0) is 9.47. The highest BCUT2D eigenvalue weighted by molar-refractivity contribution is 5.40. The van der Waals surface area contributed by atoms with Crippen LogP contribution in [0.4, 0.5) is 0 Å². The summed E-state index contributed by atoms with van der Waals surface area (Å²) in [6, 6.07) is 8.51. The molecule has 0 spiro atoms. The summed E-state index contributed by atoms with van der Waals surface area (Å²) >= 11 is 0. The summed E-state index contributed by atoms with van der Waals surface area (Å²) in [6.45, 7) is 8.96. The van der Waals surface area contributed by atoms with Gasteiger partial charge in [-0.1, -0.05) is 38.1 Å². The van der Waals surface area contributed by atoms with E-state index < -0.39 is 0 Å². The molecule has 1 aromatic carbocycles. The first-order chi connectivity index (χ1) is 6.09. The summed E-state index contributed by atoms with van der Waals surface area (Å²) < 4.78 is 0. The van der Waals surface area contributed by atoms with E-state index in [2.05, 4.69) is 56.6 Å². The molecule has 13 heavy (non-hydrogen) atoms. The maximum Gasteiger partial charge on any atom is 0.0963 e. The molecule has 0 saturated heterocycles. The van der Waals surface area contributed by atoms with Crippen molar-refractivity contribution in [2.24, 2.45) is 0 Å². The molecule has 0 aromatic heterocycles. The van der Waals surface area contributed by atoms with Crippen LogP contribution < -0.4 is 0 Å². The molecule has 2 radical (unpaired) electrons. The smallest absolute Gasteiger partial charge is 0.0963 e. The van der Waals surface area contributed by atoms with Crippen molar-refractivity contribution in [2.45, 2.75) is 19.3 Å². The van der Waals surface area contributed by atoms with Gasteiger partial charge in [0.2, 0.25) is 0 Å². The van der Waals surface area contributed by atoms with Crippen molar-refractivity contribution in [1.29, 1.82) is 0 Å². The molecule has 68 valence electrons. The molecule has 0 fully saturated rings. The highest BCUT2D eigenvalue weighted by atomic mass is 15.1. The number of fused-ring (bicyclic) bond motifs is 1. The Bertz CT molecular complexity index is 315. The van der Waals surface area contributed by atoms with Crippen LogP contribution in [0.3, 0.4) is 0 Å². The molecule has 1 heteroatoms. The Morgan fingerprint density at radius 3 is 2.77 bits per heavy atom. The van der Waals surface area contributed by atoms with Crippen molar-refractivity contribution in [3.05, 3.63) is 41.9 Å². The van der Waals surface area contributed by atoms with Gasteiger partial charge in [-0.2, -0.15) is 0 Å². The molecule has 0 unspecified atom stereocenters. The minimum absolute atomic E-state index is 0.247. The van der Waals surface area contributed by atoms with Gasteiger partial charge in [0, 0.05) is 12.0 Å². The van der Waals surface area contributed by atoms with Crippen molar-refractivity contribution >= 4 is 0 Å². The predicted octanol–water partition coefficient (Wildman–Crippen LogP) is 2.30. The highest BCUT2D eigenvalue weighted by Crippen LogP contribution is 2.32. The van der Waals surface area contributed by atoms with Crippen LogP contribution in [0.2, 0.25) is 0 Å². The third-order valence-electron chi connectivity index (χ3n) is 2.60. The highest BCUT2D eigenvalue weighted by Gasteiger charge is 2.29. The first-order valence-corrected chi connectivity index (χ1v) is 4.67. The molecule has 1 aromatic rings. The van der Waals surface area contributed by atoms with Crippen molar-refractivity contribution in [2.75, 3.05) is 13.6 Å². The Labute approximate surface area is 80.4 Å². The Hall–Kier alpha value is -0.820. The van der Waals surface area contributed by atoms with Crippen molar-refractivity contribution in [3.8, 4) is 0 Å². The fraction of sp³-hybridized carbons (Fsp3) is 0.417. The molecule has 0 N–H and O–H groups in total. The van der Waals surface area contributed by atoms with Gasteiger partial charge in [-0.3, -0.25) is 4.90 Å². The normalized spacial score (nSPS) is 21.2. The summed E-state index contributed by atoms with van der Waals surface area (Å²) in [5.41, 5.74) is 2.89. The summed E-state index contributed by atoms with van der Waals surface area (Å²) in [7, 11) is 2.08. The van der Waals surface area contributed by atoms with E-state index in [-0.39, 0.29) is 5.41 Å². The van der Waals surface area contributed by atoms with Gasteiger partial charge in [-0.05, 0) is 18.2 Å². The van der Waals surface area contributed by atoms with E-state index >= 15 is 0 Å². The minimum atomic E-state index is 0.247. The molecule has 1 aliphatic rings. The molecular formula is C12H15N. The largest absolute Gasteiger partial charge is 0.292 e. The number of likely N-dealkylation sites (N-methyl/N-ethyl adjacent to an activating group) is 1. The second-order valence-corrected chi connectivity index (χ2v) is 4.40. The van der Waals surface area contributed by atoms with Gasteiger partial charge in [0.15, 0.2) is 0 Å². The van der Waals surface area contributed by atoms with Crippen LogP contribution in [0.5, 0.6) is 0 Å². The molecule has 0 aliphatic carbocycles. The average Bonchev–Trinajstić information content (AvgIpc) is 2.02. The van der Waals surface area contributed by atoms with Gasteiger partial charge in [-0.15, -0.1) is 0 Å². The van der Waals surface area contributed by atoms with E-state index in [1.165, 1.54) is 11.1 Å². The SMILES string of the molecule is CN1[C]c2ccccc2C(C)(C)C1. The van der Waals surface area contributed by atoms with E-state index in [0.29, 0.717) is 0 Å². The van der Waals surface area contributed by atoms with Crippen LogP contribution in [0.15, 0.2) is 24.3 Å². The van der Waals surface area contributed by atoms with Gasteiger partial charge in [0.1, 0.15) is 0 Å². The van der Waals surface area contributed by atoms with Crippen LogP contribution in [-0.2, 0) is 5.41 Å². The monoisotopic (exact) mass is 173 g/mol. The van der Waals surface area contributed by atoms with Crippen molar-refractivity contribution < 1.29 is 0 Å². The van der Waals surface area contributed by atoms with Gasteiger partial charge >= 0.3 is 0 Å². The lowest BCUT2D eigenvalue weighted by Crippen LogP contribution is -2.38. The molecule has 1 aliphatic heterocycles. The van der Waals surface area contributed by atoms with Crippen LogP contribution in [-0.4, -0.2) is 18.5 Å². The van der Waals surface area contributed by atoms with Gasteiger partial charge in [-0.25, -0.2) is 0 Å². The van der Waals surface area contributed by atoms with E-state index in [9.17, 15) is 0 Å². The Kier molecular flexibility index (Phi) is 1.92. The van der Waals surface area contributed by atoms with Crippen molar-refractivity contribution in [1.82, 2.24) is 4.90 Å². The fourth-order valence-corrected chi connectivity index (χ4v) is 2.09. The zero-order valence-corrected chi connectivity index (χ0v) is 8.46. The third kappa shape index (κ3) is 1.49. The maximum atomic E-state index is 3.35. The molecule has 0 bridgehead atoms. The molecule has 0 amide bonds. The standard InChI is InChI=1S/C12H15N/c1-12(2)9-13(3)8-10-6-4-5-7-11(10)12/h4-7H,9H2,1-3H3. The lowest BCUT2D eigenvalue weighted by atomic mass is 9.79. The van der Waals surface area contributed by atoms with Crippen LogP contribution in [0.1, 0.15) is 25.0 Å². The van der Waals surface area contributed by atoms with E-state index in [4.69, 9.17) is 0 Å². The molecule has 0 saturated carbocycles. The number of benzene rings is 1. The van der Waals surface area contributed by atoms with Crippen molar-refractivity contribution in [3.63, 3.8) is 0 Å². The van der Waals surface area contributed by atoms with Gasteiger partial charge in [0.25, 0.3) is 0 Å². The summed E-state index contributed by atoms with van der Waals surface area (Å²) in [4.78, 5) is 2.14. The Morgan fingerprint density at radius 2 is 2.00 bits per heavy atom. The number of rotatable bonds is 0. The third-order valence-corrected chi connectivity index (χ3v) is 2.60. The predicted molar refractivity (Wildman–Crippen MR) is 54.4 cm³/mol. The lowest BCUT2D eigenvalue weighted by Gasteiger charge is -2.37. The average molecular weight is 173 g/mol. The molecule has 1 heterocycles. The van der Waals surface area contributed by atoms with Gasteiger partial charge in [0.05, 0.1) is 6.54 Å². The Balaban J connectivity index is 2.50. The summed E-state index contributed by atoms with van der Waals surface area (Å²) in [6.07, 6.45) is 0. The molecular weight excluding hydrogens is 158 g/mol. The topological polar surface area (TPSA) is 3.24 Å². The van der Waals surface area contributed by atoms with Crippen LogP contribution in [0, 0.1) is 6.54 Å². The Morgan fingerprint density at radius 1 is 1.31 bits per heavy atom. The lowest BCUT2D eigenvalue weighted by molar-refractivity contribution is 0.301.